The van der Waals surface area contributed by atoms with E-state index in [1.807, 2.05) is 13.0 Å². The highest BCUT2D eigenvalue weighted by atomic mass is 16.3. The predicted molar refractivity (Wildman–Crippen MR) is 81.2 cm³/mol. The van der Waals surface area contributed by atoms with Gasteiger partial charge in [0.25, 0.3) is 5.91 Å². The zero-order chi connectivity index (χ0) is 15.4. The molecule has 5 heteroatoms. The van der Waals surface area contributed by atoms with Gasteiger partial charge in [-0.3, -0.25) is 9.59 Å². The van der Waals surface area contributed by atoms with Crippen LogP contribution >= 0.6 is 0 Å². The average Bonchev–Trinajstić information content (AvgIpc) is 2.48. The lowest BCUT2D eigenvalue weighted by atomic mass is 9.98. The smallest absolute Gasteiger partial charge is 0.253 e. The van der Waals surface area contributed by atoms with Crippen molar-refractivity contribution in [3.05, 3.63) is 29.3 Å². The summed E-state index contributed by atoms with van der Waals surface area (Å²) in [4.78, 5) is 25.5. The Balaban J connectivity index is 2.17. The molecule has 2 rings (SSSR count). The molecule has 1 fully saturated rings. The monoisotopic (exact) mass is 290 g/mol. The Hall–Kier alpha value is -1.88. The maximum atomic E-state index is 12.5. The largest absolute Gasteiger partial charge is 0.396 e. The van der Waals surface area contributed by atoms with Gasteiger partial charge in [-0.25, -0.2) is 0 Å². The van der Waals surface area contributed by atoms with Crippen LogP contribution in [0.25, 0.3) is 0 Å². The Labute approximate surface area is 125 Å². The minimum atomic E-state index is -0.152. The van der Waals surface area contributed by atoms with Crippen molar-refractivity contribution in [2.24, 2.45) is 5.92 Å². The van der Waals surface area contributed by atoms with Crippen LogP contribution in [-0.2, 0) is 4.79 Å². The maximum Gasteiger partial charge on any atom is 0.253 e. The van der Waals surface area contributed by atoms with Crippen molar-refractivity contribution in [3.63, 3.8) is 0 Å². The third-order valence-corrected chi connectivity index (χ3v) is 3.86. The number of carbonyl (C=O) groups is 2. The predicted octanol–water partition coefficient (Wildman–Crippen LogP) is 1.80. The second-order valence-corrected chi connectivity index (χ2v) is 5.65. The summed E-state index contributed by atoms with van der Waals surface area (Å²) < 4.78 is 0. The fourth-order valence-electron chi connectivity index (χ4n) is 2.66. The van der Waals surface area contributed by atoms with Crippen molar-refractivity contribution < 1.29 is 14.7 Å². The summed E-state index contributed by atoms with van der Waals surface area (Å²) in [5.41, 5.74) is 2.17. The van der Waals surface area contributed by atoms with Gasteiger partial charge in [-0.15, -0.1) is 0 Å². The SMILES string of the molecule is CC(=O)Nc1cc(C(=O)N2CCCC(CO)C2)ccc1C. The highest BCUT2D eigenvalue weighted by Gasteiger charge is 2.24. The standard InChI is InChI=1S/C16H22N2O3/c1-11-5-6-14(8-15(11)17-12(2)20)16(21)18-7-3-4-13(9-18)10-19/h5-6,8,13,19H,3-4,7,9-10H2,1-2H3,(H,17,20). The van der Waals surface area contributed by atoms with E-state index in [1.165, 1.54) is 6.92 Å². The lowest BCUT2D eigenvalue weighted by Gasteiger charge is -2.32. The number of likely N-dealkylation sites (tertiary alicyclic amines) is 1. The van der Waals surface area contributed by atoms with Crippen molar-refractivity contribution in [2.75, 3.05) is 25.0 Å². The molecule has 1 atom stereocenters. The number of aliphatic hydroxyl groups is 1. The van der Waals surface area contributed by atoms with E-state index in [9.17, 15) is 14.7 Å². The van der Waals surface area contributed by atoms with Crippen LogP contribution in [0, 0.1) is 12.8 Å². The van der Waals surface area contributed by atoms with E-state index in [0.29, 0.717) is 17.8 Å². The molecule has 0 aromatic heterocycles. The highest BCUT2D eigenvalue weighted by molar-refractivity contribution is 5.97. The van der Waals surface area contributed by atoms with E-state index in [4.69, 9.17) is 0 Å². The Morgan fingerprint density at radius 3 is 2.86 bits per heavy atom. The molecular formula is C16H22N2O3. The molecule has 0 saturated carbocycles. The first kappa shape index (κ1) is 15.5. The van der Waals surface area contributed by atoms with Gasteiger partial charge in [0.1, 0.15) is 0 Å². The highest BCUT2D eigenvalue weighted by Crippen LogP contribution is 2.21. The van der Waals surface area contributed by atoms with E-state index in [1.54, 1.807) is 17.0 Å². The van der Waals surface area contributed by atoms with Crippen molar-refractivity contribution in [1.29, 1.82) is 0 Å². The third kappa shape index (κ3) is 3.82. The summed E-state index contributed by atoms with van der Waals surface area (Å²) in [5.74, 6) is -0.0243. The summed E-state index contributed by atoms with van der Waals surface area (Å²) in [6.07, 6.45) is 1.88. The molecule has 5 nitrogen and oxygen atoms in total. The zero-order valence-electron chi connectivity index (χ0n) is 12.6. The lowest BCUT2D eigenvalue weighted by molar-refractivity contribution is -0.114. The van der Waals surface area contributed by atoms with Gasteiger partial charge in [0, 0.05) is 37.9 Å². The van der Waals surface area contributed by atoms with E-state index in [0.717, 1.165) is 24.9 Å². The van der Waals surface area contributed by atoms with Crippen LogP contribution < -0.4 is 5.32 Å². The molecule has 21 heavy (non-hydrogen) atoms. The zero-order valence-corrected chi connectivity index (χ0v) is 12.6. The second kappa shape index (κ2) is 6.72. The number of rotatable bonds is 3. The first-order chi connectivity index (χ1) is 10.0. The summed E-state index contributed by atoms with van der Waals surface area (Å²) >= 11 is 0. The normalized spacial score (nSPS) is 18.4. The molecule has 0 aliphatic carbocycles. The summed E-state index contributed by atoms with van der Waals surface area (Å²) in [5, 5.41) is 12.0. The van der Waals surface area contributed by atoms with Crippen LogP contribution in [0.5, 0.6) is 0 Å². The summed E-state index contributed by atoms with van der Waals surface area (Å²) in [7, 11) is 0. The molecule has 1 aliphatic heterocycles. The van der Waals surface area contributed by atoms with Gasteiger partial charge in [0.15, 0.2) is 0 Å². The molecule has 1 unspecified atom stereocenters. The number of aliphatic hydroxyl groups excluding tert-OH is 1. The minimum Gasteiger partial charge on any atom is -0.396 e. The molecule has 1 aromatic carbocycles. The van der Waals surface area contributed by atoms with Crippen molar-refractivity contribution in [3.8, 4) is 0 Å². The number of nitrogens with one attached hydrogen (secondary N) is 1. The Kier molecular flexibility index (Phi) is 4.96. The van der Waals surface area contributed by atoms with Crippen LogP contribution in [0.4, 0.5) is 5.69 Å². The molecular weight excluding hydrogens is 268 g/mol. The van der Waals surface area contributed by atoms with Gasteiger partial charge in [0.05, 0.1) is 0 Å². The van der Waals surface area contributed by atoms with E-state index in [-0.39, 0.29) is 24.3 Å². The number of benzene rings is 1. The Morgan fingerprint density at radius 2 is 2.19 bits per heavy atom. The number of piperidine rings is 1. The fraction of sp³-hybridized carbons (Fsp3) is 0.500. The Morgan fingerprint density at radius 1 is 1.43 bits per heavy atom. The molecule has 1 aromatic rings. The van der Waals surface area contributed by atoms with Gasteiger partial charge >= 0.3 is 0 Å². The fourth-order valence-corrected chi connectivity index (χ4v) is 2.66. The molecule has 2 N–H and O–H groups in total. The number of hydrogen-bond acceptors (Lipinski definition) is 3. The number of amides is 2. The molecule has 1 aliphatic rings. The Bertz CT molecular complexity index is 542. The number of carbonyl (C=O) groups excluding carboxylic acids is 2. The molecule has 0 bridgehead atoms. The number of hydrogen-bond donors (Lipinski definition) is 2. The molecule has 2 amide bonds. The molecule has 0 radical (unpaired) electrons. The van der Waals surface area contributed by atoms with E-state index in [2.05, 4.69) is 5.32 Å². The van der Waals surface area contributed by atoms with Crippen LogP contribution in [-0.4, -0.2) is 41.5 Å². The van der Waals surface area contributed by atoms with E-state index >= 15 is 0 Å². The third-order valence-electron chi connectivity index (χ3n) is 3.86. The molecule has 0 spiro atoms. The van der Waals surface area contributed by atoms with Gasteiger partial charge < -0.3 is 15.3 Å². The number of nitrogens with zero attached hydrogens (tertiary/aromatic N) is 1. The molecule has 1 saturated heterocycles. The first-order valence-electron chi connectivity index (χ1n) is 7.29. The van der Waals surface area contributed by atoms with Gasteiger partial charge in [-0.05, 0) is 43.4 Å². The number of anilines is 1. The van der Waals surface area contributed by atoms with Crippen LogP contribution in [0.3, 0.4) is 0 Å². The van der Waals surface area contributed by atoms with Crippen molar-refractivity contribution in [1.82, 2.24) is 4.90 Å². The summed E-state index contributed by atoms with van der Waals surface area (Å²) in [6.45, 7) is 4.78. The van der Waals surface area contributed by atoms with Gasteiger partial charge in [0.2, 0.25) is 5.91 Å². The van der Waals surface area contributed by atoms with Crippen molar-refractivity contribution in [2.45, 2.75) is 26.7 Å². The van der Waals surface area contributed by atoms with E-state index < -0.39 is 0 Å². The van der Waals surface area contributed by atoms with Crippen LogP contribution in [0.1, 0.15) is 35.7 Å². The van der Waals surface area contributed by atoms with Gasteiger partial charge in [-0.2, -0.15) is 0 Å². The minimum absolute atomic E-state index is 0.0419. The first-order valence-corrected chi connectivity index (χ1v) is 7.29. The van der Waals surface area contributed by atoms with Crippen LogP contribution in [0.2, 0.25) is 0 Å². The van der Waals surface area contributed by atoms with Gasteiger partial charge in [-0.1, -0.05) is 6.07 Å². The number of aryl methyl sites for hydroxylation is 1. The average molecular weight is 290 g/mol. The quantitative estimate of drug-likeness (QED) is 0.892. The van der Waals surface area contributed by atoms with Crippen LogP contribution in [0.15, 0.2) is 18.2 Å². The topological polar surface area (TPSA) is 69.6 Å². The maximum absolute atomic E-state index is 12.5. The van der Waals surface area contributed by atoms with Crippen molar-refractivity contribution >= 4 is 17.5 Å². The summed E-state index contributed by atoms with van der Waals surface area (Å²) in [6, 6.07) is 5.35. The molecule has 114 valence electrons. The lowest BCUT2D eigenvalue weighted by Crippen LogP contribution is -2.40. The second-order valence-electron chi connectivity index (χ2n) is 5.65. The molecule has 1 heterocycles.